The van der Waals surface area contributed by atoms with Crippen LogP contribution in [-0.2, 0) is 0 Å². The largest absolute Gasteiger partial charge is 0.494 e. The molecule has 2 unspecified atom stereocenters. The van der Waals surface area contributed by atoms with Crippen molar-refractivity contribution in [2.75, 3.05) is 12.3 Å². The molecule has 0 aliphatic heterocycles. The van der Waals surface area contributed by atoms with Crippen LogP contribution >= 0.6 is 0 Å². The molecule has 19 heavy (non-hydrogen) atoms. The van der Waals surface area contributed by atoms with Crippen molar-refractivity contribution in [2.45, 2.75) is 26.2 Å². The van der Waals surface area contributed by atoms with E-state index in [1.165, 1.54) is 0 Å². The van der Waals surface area contributed by atoms with Crippen LogP contribution in [-0.4, -0.2) is 11.8 Å². The number of hydrogen-bond acceptors (Lipinski definition) is 4. The van der Waals surface area contributed by atoms with Crippen LogP contribution in [0.25, 0.3) is 11.1 Å². The molecule has 4 heteroatoms. The first-order chi connectivity index (χ1) is 9.20. The number of ether oxygens (including phenoxy) is 1. The number of aromatic nitrogens is 1. The Bertz CT molecular complexity index is 574. The number of nitrogens with zero attached hydrogens (tertiary/aromatic N) is 1. The molecule has 0 radical (unpaired) electrons. The first kappa shape index (κ1) is 12.1. The molecule has 1 aromatic carbocycles. The van der Waals surface area contributed by atoms with E-state index in [9.17, 15) is 0 Å². The van der Waals surface area contributed by atoms with Crippen LogP contribution in [0.2, 0.25) is 0 Å². The summed E-state index contributed by atoms with van der Waals surface area (Å²) in [6.45, 7) is 4.86. The van der Waals surface area contributed by atoms with E-state index in [0.29, 0.717) is 24.3 Å². The topological polar surface area (TPSA) is 61.3 Å². The van der Waals surface area contributed by atoms with Crippen LogP contribution in [0.15, 0.2) is 28.8 Å². The number of benzene rings is 1. The fourth-order valence-corrected chi connectivity index (χ4v) is 2.45. The molecule has 1 aliphatic rings. The summed E-state index contributed by atoms with van der Waals surface area (Å²) in [5, 5.41) is 4.13. The van der Waals surface area contributed by atoms with E-state index >= 15 is 0 Å². The maximum Gasteiger partial charge on any atom is 0.230 e. The van der Waals surface area contributed by atoms with E-state index < -0.39 is 0 Å². The van der Waals surface area contributed by atoms with E-state index in [0.717, 1.165) is 29.0 Å². The maximum atomic E-state index is 5.92. The predicted molar refractivity (Wildman–Crippen MR) is 74.0 cm³/mol. The summed E-state index contributed by atoms with van der Waals surface area (Å²) in [5.41, 5.74) is 8.90. The van der Waals surface area contributed by atoms with Crippen molar-refractivity contribution >= 4 is 5.88 Å². The summed E-state index contributed by atoms with van der Waals surface area (Å²) < 4.78 is 10.6. The van der Waals surface area contributed by atoms with Gasteiger partial charge in [-0.05, 0) is 37.0 Å². The molecule has 1 aromatic heterocycles. The average Bonchev–Trinajstić information content (AvgIpc) is 3.00. The summed E-state index contributed by atoms with van der Waals surface area (Å²) in [5.74, 6) is 2.43. The Morgan fingerprint density at radius 3 is 2.63 bits per heavy atom. The van der Waals surface area contributed by atoms with Gasteiger partial charge in [0.25, 0.3) is 0 Å². The molecule has 0 spiro atoms. The minimum atomic E-state index is 0.401. The van der Waals surface area contributed by atoms with Gasteiger partial charge >= 0.3 is 0 Å². The first-order valence-electron chi connectivity index (χ1n) is 6.69. The molecule has 3 rings (SSSR count). The van der Waals surface area contributed by atoms with Crippen molar-refractivity contribution in [1.82, 2.24) is 5.16 Å². The third-order valence-electron chi connectivity index (χ3n) is 3.66. The Hall–Kier alpha value is -1.97. The van der Waals surface area contributed by atoms with Gasteiger partial charge in [-0.1, -0.05) is 24.2 Å². The minimum absolute atomic E-state index is 0.401. The lowest BCUT2D eigenvalue weighted by Crippen LogP contribution is -1.92. The van der Waals surface area contributed by atoms with Crippen LogP contribution in [0.3, 0.4) is 0 Å². The van der Waals surface area contributed by atoms with Gasteiger partial charge in [0, 0.05) is 5.92 Å². The van der Waals surface area contributed by atoms with E-state index in [1.807, 2.05) is 31.2 Å². The molecule has 2 aromatic rings. The van der Waals surface area contributed by atoms with Crippen LogP contribution in [0.5, 0.6) is 5.75 Å². The van der Waals surface area contributed by atoms with Crippen molar-refractivity contribution in [3.63, 3.8) is 0 Å². The molecule has 2 N–H and O–H groups in total. The lowest BCUT2D eigenvalue weighted by atomic mass is 10.0. The monoisotopic (exact) mass is 258 g/mol. The minimum Gasteiger partial charge on any atom is -0.494 e. The fourth-order valence-electron chi connectivity index (χ4n) is 2.45. The maximum absolute atomic E-state index is 5.92. The zero-order chi connectivity index (χ0) is 13.4. The van der Waals surface area contributed by atoms with Gasteiger partial charge < -0.3 is 15.0 Å². The summed E-state index contributed by atoms with van der Waals surface area (Å²) >= 11 is 0. The van der Waals surface area contributed by atoms with Crippen molar-refractivity contribution in [3.05, 3.63) is 30.0 Å². The molecule has 2 atom stereocenters. The second kappa shape index (κ2) is 4.61. The summed E-state index contributed by atoms with van der Waals surface area (Å²) in [6, 6.07) is 7.91. The number of nitrogens with two attached hydrogens (primary N) is 1. The van der Waals surface area contributed by atoms with Gasteiger partial charge in [0.05, 0.1) is 17.9 Å². The summed E-state index contributed by atoms with van der Waals surface area (Å²) in [7, 11) is 0. The molecule has 1 aliphatic carbocycles. The lowest BCUT2D eigenvalue weighted by molar-refractivity contribution is 0.340. The van der Waals surface area contributed by atoms with Crippen molar-refractivity contribution in [2.24, 2.45) is 5.92 Å². The highest BCUT2D eigenvalue weighted by molar-refractivity contribution is 5.76. The number of rotatable bonds is 4. The number of nitrogen functional groups attached to an aromatic ring is 1. The van der Waals surface area contributed by atoms with Gasteiger partial charge in [-0.15, -0.1) is 0 Å². The third kappa shape index (κ3) is 2.18. The molecule has 0 saturated heterocycles. The van der Waals surface area contributed by atoms with Crippen LogP contribution < -0.4 is 10.5 Å². The third-order valence-corrected chi connectivity index (χ3v) is 3.66. The molecule has 0 amide bonds. The van der Waals surface area contributed by atoms with Crippen molar-refractivity contribution < 1.29 is 9.26 Å². The van der Waals surface area contributed by atoms with E-state index in [1.54, 1.807) is 0 Å². The Balaban J connectivity index is 1.95. The summed E-state index contributed by atoms with van der Waals surface area (Å²) in [4.78, 5) is 0. The molecule has 1 saturated carbocycles. The predicted octanol–water partition coefficient (Wildman–Crippen LogP) is 3.45. The fraction of sp³-hybridized carbons (Fsp3) is 0.400. The highest BCUT2D eigenvalue weighted by Gasteiger charge is 2.39. The highest BCUT2D eigenvalue weighted by Crippen LogP contribution is 2.50. The van der Waals surface area contributed by atoms with Crippen LogP contribution in [0, 0.1) is 5.92 Å². The lowest BCUT2D eigenvalue weighted by Gasteiger charge is -2.05. The smallest absolute Gasteiger partial charge is 0.230 e. The normalized spacial score (nSPS) is 21.4. The van der Waals surface area contributed by atoms with Crippen molar-refractivity contribution in [1.29, 1.82) is 0 Å². The molecule has 100 valence electrons. The molecule has 1 heterocycles. The van der Waals surface area contributed by atoms with E-state index in [2.05, 4.69) is 12.1 Å². The van der Waals surface area contributed by atoms with Crippen molar-refractivity contribution in [3.8, 4) is 16.9 Å². The van der Waals surface area contributed by atoms with Gasteiger partial charge in [0.2, 0.25) is 5.88 Å². The molecule has 4 nitrogen and oxygen atoms in total. The molecular formula is C15H18N2O2. The van der Waals surface area contributed by atoms with Gasteiger partial charge in [-0.25, -0.2) is 0 Å². The number of hydrogen-bond donors (Lipinski definition) is 1. The summed E-state index contributed by atoms with van der Waals surface area (Å²) in [6.07, 6.45) is 1.16. The van der Waals surface area contributed by atoms with Gasteiger partial charge in [-0.3, -0.25) is 0 Å². The van der Waals surface area contributed by atoms with E-state index in [4.69, 9.17) is 15.0 Å². The Morgan fingerprint density at radius 2 is 2.05 bits per heavy atom. The average molecular weight is 258 g/mol. The van der Waals surface area contributed by atoms with Gasteiger partial charge in [0.1, 0.15) is 5.75 Å². The Kier molecular flexibility index (Phi) is 2.93. The van der Waals surface area contributed by atoms with Gasteiger partial charge in [0.15, 0.2) is 0 Å². The Morgan fingerprint density at radius 1 is 1.37 bits per heavy atom. The first-order valence-corrected chi connectivity index (χ1v) is 6.69. The van der Waals surface area contributed by atoms with Gasteiger partial charge in [-0.2, -0.15) is 0 Å². The molecular weight excluding hydrogens is 240 g/mol. The SMILES string of the molecule is CCOc1ccc(-c2c(C3CC3C)noc2N)cc1. The molecule has 1 fully saturated rings. The zero-order valence-corrected chi connectivity index (χ0v) is 11.2. The molecule has 0 bridgehead atoms. The standard InChI is InChI=1S/C15H18N2O2/c1-3-18-11-6-4-10(5-7-11)13-14(12-8-9(12)2)17-19-15(13)16/h4-7,9,12H,3,8,16H2,1-2H3. The zero-order valence-electron chi connectivity index (χ0n) is 11.2. The highest BCUT2D eigenvalue weighted by atomic mass is 16.5. The quantitative estimate of drug-likeness (QED) is 0.912. The second-order valence-corrected chi connectivity index (χ2v) is 5.08. The van der Waals surface area contributed by atoms with E-state index in [-0.39, 0.29) is 0 Å². The second-order valence-electron chi connectivity index (χ2n) is 5.08. The number of anilines is 1. The van der Waals surface area contributed by atoms with Crippen LogP contribution in [0.1, 0.15) is 31.9 Å². The van der Waals surface area contributed by atoms with Crippen LogP contribution in [0.4, 0.5) is 5.88 Å². The Labute approximate surface area is 112 Å².